The first-order valence-electron chi connectivity index (χ1n) is 8.78. The molecule has 1 heterocycles. The molecule has 0 aromatic rings. The average Bonchev–Trinajstić information content (AvgIpc) is 2.50. The van der Waals surface area contributed by atoms with E-state index in [-0.39, 0.29) is 0 Å². The van der Waals surface area contributed by atoms with Gasteiger partial charge in [0.2, 0.25) is 0 Å². The van der Waals surface area contributed by atoms with Crippen molar-refractivity contribution in [2.45, 2.75) is 45.4 Å². The molecule has 2 fully saturated rings. The van der Waals surface area contributed by atoms with Gasteiger partial charge in [-0.1, -0.05) is 13.3 Å². The fourth-order valence-corrected chi connectivity index (χ4v) is 4.09. The van der Waals surface area contributed by atoms with Crippen LogP contribution in [-0.2, 0) is 4.74 Å². The van der Waals surface area contributed by atoms with Gasteiger partial charge in [-0.15, -0.1) is 0 Å². The van der Waals surface area contributed by atoms with Crippen LogP contribution in [0, 0.1) is 17.8 Å². The molecule has 1 saturated carbocycles. The van der Waals surface area contributed by atoms with Crippen LogP contribution in [0.25, 0.3) is 0 Å². The monoisotopic (exact) mass is 282 g/mol. The molecule has 0 spiro atoms. The van der Waals surface area contributed by atoms with Gasteiger partial charge in [0, 0.05) is 19.6 Å². The van der Waals surface area contributed by atoms with Crippen LogP contribution in [0.15, 0.2) is 0 Å². The van der Waals surface area contributed by atoms with Gasteiger partial charge in [0.25, 0.3) is 0 Å². The molecule has 2 aliphatic rings. The minimum absolute atomic E-state index is 0.942. The molecule has 3 heteroatoms. The van der Waals surface area contributed by atoms with Crippen molar-refractivity contribution < 1.29 is 4.74 Å². The Morgan fingerprint density at radius 3 is 2.45 bits per heavy atom. The van der Waals surface area contributed by atoms with Gasteiger partial charge >= 0.3 is 0 Å². The molecule has 2 rings (SSSR count). The van der Waals surface area contributed by atoms with E-state index in [9.17, 15) is 0 Å². The molecule has 0 aromatic carbocycles. The second-order valence-corrected chi connectivity index (χ2v) is 6.75. The minimum Gasteiger partial charge on any atom is -0.379 e. The molecule has 0 unspecified atom stereocenters. The predicted molar refractivity (Wildman–Crippen MR) is 85.0 cm³/mol. The van der Waals surface area contributed by atoms with Crippen molar-refractivity contribution in [3.63, 3.8) is 0 Å². The Kier molecular flexibility index (Phi) is 7.32. The molecule has 1 aliphatic carbocycles. The molecule has 0 bridgehead atoms. The summed E-state index contributed by atoms with van der Waals surface area (Å²) in [6.45, 7) is 9.07. The third kappa shape index (κ3) is 5.01. The van der Waals surface area contributed by atoms with Crippen molar-refractivity contribution in [1.29, 1.82) is 0 Å². The van der Waals surface area contributed by atoms with Crippen molar-refractivity contribution in [2.24, 2.45) is 17.8 Å². The van der Waals surface area contributed by atoms with Crippen LogP contribution < -0.4 is 5.32 Å². The number of ether oxygens (including phenoxy) is 1. The lowest BCUT2D eigenvalue weighted by atomic mass is 9.73. The largest absolute Gasteiger partial charge is 0.379 e. The molecule has 1 aliphatic heterocycles. The third-order valence-electron chi connectivity index (χ3n) is 5.47. The quantitative estimate of drug-likeness (QED) is 0.777. The standard InChI is InChI=1S/C17H34N2O/c1-3-16(8-9-18-2)17-6-4-15(5-7-17)14-19-10-12-20-13-11-19/h15-18H,3-14H2,1-2H3/t15?,16-,17?/m0/s1. The molecule has 0 radical (unpaired) electrons. The Labute approximate surface area is 125 Å². The Morgan fingerprint density at radius 1 is 1.15 bits per heavy atom. The van der Waals surface area contributed by atoms with Gasteiger partial charge < -0.3 is 10.1 Å². The second kappa shape index (κ2) is 9.01. The smallest absolute Gasteiger partial charge is 0.0594 e. The van der Waals surface area contributed by atoms with Crippen LogP contribution in [0.2, 0.25) is 0 Å². The van der Waals surface area contributed by atoms with Crippen molar-refractivity contribution in [2.75, 3.05) is 46.4 Å². The van der Waals surface area contributed by atoms with Crippen molar-refractivity contribution in [1.82, 2.24) is 10.2 Å². The zero-order chi connectivity index (χ0) is 14.2. The number of hydrogen-bond donors (Lipinski definition) is 1. The highest BCUT2D eigenvalue weighted by Gasteiger charge is 2.27. The molecule has 20 heavy (non-hydrogen) atoms. The fraction of sp³-hybridized carbons (Fsp3) is 1.00. The van der Waals surface area contributed by atoms with E-state index in [1.54, 1.807) is 0 Å². The van der Waals surface area contributed by atoms with E-state index in [1.165, 1.54) is 51.6 Å². The average molecular weight is 282 g/mol. The SMILES string of the molecule is CC[C@@H](CCNC)C1CCC(CN2CCOCC2)CC1. The zero-order valence-corrected chi connectivity index (χ0v) is 13.6. The molecule has 1 atom stereocenters. The highest BCUT2D eigenvalue weighted by Crippen LogP contribution is 2.36. The summed E-state index contributed by atoms with van der Waals surface area (Å²) in [7, 11) is 2.08. The van der Waals surface area contributed by atoms with E-state index < -0.39 is 0 Å². The molecule has 0 aromatic heterocycles. The van der Waals surface area contributed by atoms with Gasteiger partial charge in [-0.05, 0) is 63.5 Å². The Balaban J connectivity index is 1.68. The zero-order valence-electron chi connectivity index (χ0n) is 13.6. The summed E-state index contributed by atoms with van der Waals surface area (Å²) < 4.78 is 5.44. The maximum atomic E-state index is 5.44. The fourth-order valence-electron chi connectivity index (χ4n) is 4.09. The summed E-state index contributed by atoms with van der Waals surface area (Å²) in [5, 5.41) is 3.32. The lowest BCUT2D eigenvalue weighted by Gasteiger charge is -2.36. The van der Waals surface area contributed by atoms with Gasteiger partial charge in [-0.25, -0.2) is 0 Å². The predicted octanol–water partition coefficient (Wildman–Crippen LogP) is 2.76. The Bertz CT molecular complexity index is 245. The Hall–Kier alpha value is -0.120. The number of hydrogen-bond acceptors (Lipinski definition) is 3. The van der Waals surface area contributed by atoms with E-state index in [0.717, 1.165) is 44.1 Å². The van der Waals surface area contributed by atoms with Gasteiger partial charge in [-0.2, -0.15) is 0 Å². The topological polar surface area (TPSA) is 24.5 Å². The van der Waals surface area contributed by atoms with Crippen molar-refractivity contribution >= 4 is 0 Å². The van der Waals surface area contributed by atoms with E-state index in [4.69, 9.17) is 4.74 Å². The molecule has 3 nitrogen and oxygen atoms in total. The molecular weight excluding hydrogens is 248 g/mol. The van der Waals surface area contributed by atoms with Gasteiger partial charge in [0.05, 0.1) is 13.2 Å². The lowest BCUT2D eigenvalue weighted by molar-refractivity contribution is 0.0250. The maximum absolute atomic E-state index is 5.44. The van der Waals surface area contributed by atoms with E-state index in [2.05, 4.69) is 24.2 Å². The minimum atomic E-state index is 0.942. The molecule has 0 amide bonds. The molecular formula is C17H34N2O. The van der Waals surface area contributed by atoms with E-state index in [1.807, 2.05) is 0 Å². The molecule has 1 N–H and O–H groups in total. The van der Waals surface area contributed by atoms with Crippen LogP contribution in [0.4, 0.5) is 0 Å². The van der Waals surface area contributed by atoms with Crippen LogP contribution in [0.3, 0.4) is 0 Å². The van der Waals surface area contributed by atoms with Crippen molar-refractivity contribution in [3.8, 4) is 0 Å². The van der Waals surface area contributed by atoms with Crippen LogP contribution in [-0.4, -0.2) is 51.3 Å². The van der Waals surface area contributed by atoms with Gasteiger partial charge in [0.15, 0.2) is 0 Å². The summed E-state index contributed by atoms with van der Waals surface area (Å²) in [4.78, 5) is 2.62. The van der Waals surface area contributed by atoms with E-state index in [0.29, 0.717) is 0 Å². The van der Waals surface area contributed by atoms with Gasteiger partial charge in [0.1, 0.15) is 0 Å². The number of nitrogens with zero attached hydrogens (tertiary/aromatic N) is 1. The normalized spacial score (nSPS) is 30.3. The first-order valence-corrected chi connectivity index (χ1v) is 8.78. The number of nitrogens with one attached hydrogen (secondary N) is 1. The highest BCUT2D eigenvalue weighted by molar-refractivity contribution is 4.80. The lowest BCUT2D eigenvalue weighted by Crippen LogP contribution is -2.40. The summed E-state index contributed by atoms with van der Waals surface area (Å²) in [5.41, 5.74) is 0. The summed E-state index contributed by atoms with van der Waals surface area (Å²) >= 11 is 0. The Morgan fingerprint density at radius 2 is 1.85 bits per heavy atom. The molecule has 1 saturated heterocycles. The van der Waals surface area contributed by atoms with E-state index >= 15 is 0 Å². The first-order chi connectivity index (χ1) is 9.83. The van der Waals surface area contributed by atoms with Crippen LogP contribution in [0.5, 0.6) is 0 Å². The molecule has 118 valence electrons. The first kappa shape index (κ1) is 16.3. The summed E-state index contributed by atoms with van der Waals surface area (Å²) in [5.74, 6) is 2.90. The second-order valence-electron chi connectivity index (χ2n) is 6.75. The number of morpholine rings is 1. The summed E-state index contributed by atoms with van der Waals surface area (Å²) in [6, 6.07) is 0. The van der Waals surface area contributed by atoms with Crippen LogP contribution >= 0.6 is 0 Å². The maximum Gasteiger partial charge on any atom is 0.0594 e. The van der Waals surface area contributed by atoms with Gasteiger partial charge in [-0.3, -0.25) is 4.90 Å². The van der Waals surface area contributed by atoms with Crippen molar-refractivity contribution in [3.05, 3.63) is 0 Å². The highest BCUT2D eigenvalue weighted by atomic mass is 16.5. The third-order valence-corrected chi connectivity index (χ3v) is 5.47. The summed E-state index contributed by atoms with van der Waals surface area (Å²) in [6.07, 6.45) is 8.58. The van der Waals surface area contributed by atoms with Crippen LogP contribution in [0.1, 0.15) is 45.4 Å². The number of rotatable bonds is 7.